The molecule has 0 atom stereocenters. The van der Waals surface area contributed by atoms with Gasteiger partial charge in [-0.15, -0.1) is 12.6 Å². The maximum absolute atomic E-state index is 11.9. The molecule has 0 saturated carbocycles. The standard InChI is InChI=1S/C14H13NO3S/c16-10-6-5-9(13(19)8-10)7-14(18)15-11-3-1-2-4-12(11)17/h1-6,8,16-17,19H,7H2,(H,15,18). The zero-order valence-electron chi connectivity index (χ0n) is 10.00. The van der Waals surface area contributed by atoms with Gasteiger partial charge in [0.25, 0.3) is 0 Å². The molecule has 1 amide bonds. The van der Waals surface area contributed by atoms with Crippen LogP contribution in [0.2, 0.25) is 0 Å². The van der Waals surface area contributed by atoms with Gasteiger partial charge in [0.15, 0.2) is 0 Å². The van der Waals surface area contributed by atoms with E-state index in [1.807, 2.05) is 0 Å². The number of aromatic hydroxyl groups is 2. The lowest BCUT2D eigenvalue weighted by molar-refractivity contribution is -0.115. The van der Waals surface area contributed by atoms with Crippen LogP contribution in [-0.4, -0.2) is 16.1 Å². The number of carbonyl (C=O) groups is 1. The number of anilines is 1. The lowest BCUT2D eigenvalue weighted by Crippen LogP contribution is -2.14. The Morgan fingerprint density at radius 1 is 1.16 bits per heavy atom. The first kappa shape index (κ1) is 13.3. The number of phenols is 2. The van der Waals surface area contributed by atoms with Crippen LogP contribution in [0.5, 0.6) is 11.5 Å². The normalized spacial score (nSPS) is 10.2. The number of hydrogen-bond donors (Lipinski definition) is 4. The minimum absolute atomic E-state index is 0.0210. The van der Waals surface area contributed by atoms with E-state index in [0.29, 0.717) is 16.1 Å². The molecule has 2 aromatic rings. The third-order valence-electron chi connectivity index (χ3n) is 2.60. The van der Waals surface area contributed by atoms with Crippen molar-refractivity contribution in [3.05, 3.63) is 48.0 Å². The first-order valence-corrected chi connectivity index (χ1v) is 6.09. The minimum Gasteiger partial charge on any atom is -0.508 e. The predicted molar refractivity (Wildman–Crippen MR) is 75.8 cm³/mol. The molecule has 0 heterocycles. The van der Waals surface area contributed by atoms with Gasteiger partial charge in [0.05, 0.1) is 12.1 Å². The van der Waals surface area contributed by atoms with E-state index >= 15 is 0 Å². The molecule has 0 saturated heterocycles. The maximum Gasteiger partial charge on any atom is 0.228 e. The highest BCUT2D eigenvalue weighted by Gasteiger charge is 2.09. The van der Waals surface area contributed by atoms with Crippen molar-refractivity contribution in [3.8, 4) is 11.5 Å². The van der Waals surface area contributed by atoms with E-state index in [4.69, 9.17) is 0 Å². The molecule has 0 aliphatic rings. The first-order chi connectivity index (χ1) is 9.06. The Morgan fingerprint density at radius 2 is 1.89 bits per heavy atom. The van der Waals surface area contributed by atoms with Gasteiger partial charge in [-0.05, 0) is 29.8 Å². The van der Waals surface area contributed by atoms with Gasteiger partial charge in [-0.1, -0.05) is 18.2 Å². The summed E-state index contributed by atoms with van der Waals surface area (Å²) in [4.78, 5) is 12.4. The molecule has 98 valence electrons. The van der Waals surface area contributed by atoms with Crippen molar-refractivity contribution in [1.82, 2.24) is 0 Å². The van der Waals surface area contributed by atoms with Crippen LogP contribution in [0.25, 0.3) is 0 Å². The van der Waals surface area contributed by atoms with Crippen molar-refractivity contribution in [3.63, 3.8) is 0 Å². The van der Waals surface area contributed by atoms with E-state index < -0.39 is 0 Å². The van der Waals surface area contributed by atoms with Crippen LogP contribution >= 0.6 is 12.6 Å². The number of nitrogens with one attached hydrogen (secondary N) is 1. The fraction of sp³-hybridized carbons (Fsp3) is 0.0714. The summed E-state index contributed by atoms with van der Waals surface area (Å²) in [5.41, 5.74) is 1.07. The molecule has 2 rings (SSSR count). The molecule has 0 aromatic heterocycles. The Hall–Kier alpha value is -2.14. The summed E-state index contributed by atoms with van der Waals surface area (Å²) >= 11 is 4.20. The van der Waals surface area contributed by atoms with Crippen molar-refractivity contribution >= 4 is 24.2 Å². The quantitative estimate of drug-likeness (QED) is 0.514. The highest BCUT2D eigenvalue weighted by molar-refractivity contribution is 7.80. The summed E-state index contributed by atoms with van der Waals surface area (Å²) in [5.74, 6) is -0.134. The number of hydrogen-bond acceptors (Lipinski definition) is 4. The molecular weight excluding hydrogens is 262 g/mol. The number of thiol groups is 1. The van der Waals surface area contributed by atoms with E-state index in [0.717, 1.165) is 0 Å². The number of amides is 1. The van der Waals surface area contributed by atoms with E-state index in [2.05, 4.69) is 17.9 Å². The van der Waals surface area contributed by atoms with E-state index in [-0.39, 0.29) is 23.8 Å². The smallest absolute Gasteiger partial charge is 0.228 e. The molecule has 5 heteroatoms. The van der Waals surface area contributed by atoms with Gasteiger partial charge in [-0.2, -0.15) is 0 Å². The second-order valence-corrected chi connectivity index (χ2v) is 4.54. The number of carbonyl (C=O) groups excluding carboxylic acids is 1. The minimum atomic E-state index is -0.262. The van der Waals surface area contributed by atoms with Crippen LogP contribution in [0.15, 0.2) is 47.4 Å². The number of benzene rings is 2. The average molecular weight is 275 g/mol. The Kier molecular flexibility index (Phi) is 3.97. The number of para-hydroxylation sites is 2. The van der Waals surface area contributed by atoms with Crippen LogP contribution in [-0.2, 0) is 11.2 Å². The van der Waals surface area contributed by atoms with E-state index in [1.54, 1.807) is 24.3 Å². The summed E-state index contributed by atoms with van der Waals surface area (Å²) in [6, 6.07) is 11.1. The molecule has 0 radical (unpaired) electrons. The van der Waals surface area contributed by atoms with Gasteiger partial charge in [-0.3, -0.25) is 4.79 Å². The Balaban J connectivity index is 2.08. The maximum atomic E-state index is 11.9. The average Bonchev–Trinajstić information content (AvgIpc) is 2.36. The van der Waals surface area contributed by atoms with Gasteiger partial charge in [0.1, 0.15) is 11.5 Å². The Labute approximate surface area is 116 Å². The molecule has 0 bridgehead atoms. The molecule has 4 nitrogen and oxygen atoms in total. The zero-order chi connectivity index (χ0) is 13.8. The topological polar surface area (TPSA) is 69.6 Å². The molecule has 0 aliphatic heterocycles. The first-order valence-electron chi connectivity index (χ1n) is 5.65. The highest BCUT2D eigenvalue weighted by atomic mass is 32.1. The highest BCUT2D eigenvalue weighted by Crippen LogP contribution is 2.23. The van der Waals surface area contributed by atoms with Crippen molar-refractivity contribution in [1.29, 1.82) is 0 Å². The Bertz CT molecular complexity index is 613. The molecule has 0 unspecified atom stereocenters. The molecule has 3 N–H and O–H groups in total. The number of phenolic OH excluding ortho intramolecular Hbond substituents is 2. The zero-order valence-corrected chi connectivity index (χ0v) is 10.9. The van der Waals surface area contributed by atoms with Gasteiger partial charge in [0.2, 0.25) is 5.91 Å². The molecule has 2 aromatic carbocycles. The molecule has 0 aliphatic carbocycles. The van der Waals surface area contributed by atoms with Gasteiger partial charge >= 0.3 is 0 Å². The SMILES string of the molecule is O=C(Cc1ccc(O)cc1S)Nc1ccccc1O. The summed E-state index contributed by atoms with van der Waals surface area (Å²) in [6.07, 6.45) is 0.118. The third kappa shape index (κ3) is 3.42. The van der Waals surface area contributed by atoms with Crippen molar-refractivity contribution < 1.29 is 15.0 Å². The van der Waals surface area contributed by atoms with Gasteiger partial charge < -0.3 is 15.5 Å². The molecule has 19 heavy (non-hydrogen) atoms. The summed E-state index contributed by atoms with van der Waals surface area (Å²) in [7, 11) is 0. The largest absolute Gasteiger partial charge is 0.508 e. The molecule has 0 fully saturated rings. The number of rotatable bonds is 3. The van der Waals surface area contributed by atoms with Crippen LogP contribution in [0, 0.1) is 0 Å². The van der Waals surface area contributed by atoms with Crippen LogP contribution in [0.4, 0.5) is 5.69 Å². The summed E-state index contributed by atoms with van der Waals surface area (Å²) < 4.78 is 0. The lowest BCUT2D eigenvalue weighted by atomic mass is 10.1. The second-order valence-electron chi connectivity index (χ2n) is 4.06. The monoisotopic (exact) mass is 275 g/mol. The lowest BCUT2D eigenvalue weighted by Gasteiger charge is -2.08. The van der Waals surface area contributed by atoms with E-state index in [1.165, 1.54) is 18.2 Å². The van der Waals surface area contributed by atoms with Crippen molar-refractivity contribution in [2.75, 3.05) is 5.32 Å². The van der Waals surface area contributed by atoms with Crippen LogP contribution in [0.3, 0.4) is 0 Å². The van der Waals surface area contributed by atoms with E-state index in [9.17, 15) is 15.0 Å². The third-order valence-corrected chi connectivity index (χ3v) is 3.01. The molecular formula is C14H13NO3S. The second kappa shape index (κ2) is 5.67. The fourth-order valence-electron chi connectivity index (χ4n) is 1.65. The summed E-state index contributed by atoms with van der Waals surface area (Å²) in [6.45, 7) is 0. The fourth-order valence-corrected chi connectivity index (χ4v) is 1.93. The van der Waals surface area contributed by atoms with Crippen LogP contribution in [0.1, 0.15) is 5.56 Å². The summed E-state index contributed by atoms with van der Waals surface area (Å²) in [5, 5.41) is 21.4. The van der Waals surface area contributed by atoms with Crippen molar-refractivity contribution in [2.45, 2.75) is 11.3 Å². The van der Waals surface area contributed by atoms with Gasteiger partial charge in [-0.25, -0.2) is 0 Å². The predicted octanol–water partition coefficient (Wildman–Crippen LogP) is 2.57. The molecule has 0 spiro atoms. The Morgan fingerprint density at radius 3 is 2.58 bits per heavy atom. The van der Waals surface area contributed by atoms with Crippen molar-refractivity contribution in [2.24, 2.45) is 0 Å². The van der Waals surface area contributed by atoms with Gasteiger partial charge in [0, 0.05) is 4.90 Å². The van der Waals surface area contributed by atoms with Crippen LogP contribution < -0.4 is 5.32 Å².